The smallest absolute Gasteiger partial charge is 0.281 e. The van der Waals surface area contributed by atoms with Crippen LogP contribution >= 0.6 is 12.6 Å². The van der Waals surface area contributed by atoms with Gasteiger partial charge in [-0.1, -0.05) is 82.6 Å². The molecular formula is C27H42FeO2S-2. The Hall–Kier alpha value is -0.961. The summed E-state index contributed by atoms with van der Waals surface area (Å²) >= 11 is 4.24. The molecule has 2 aromatic rings. The summed E-state index contributed by atoms with van der Waals surface area (Å²) in [7, 11) is 0. The van der Waals surface area contributed by atoms with Gasteiger partial charge in [-0.2, -0.15) is 43.0 Å². The van der Waals surface area contributed by atoms with Crippen molar-refractivity contribution in [2.75, 3.05) is 12.4 Å². The van der Waals surface area contributed by atoms with Crippen molar-refractivity contribution in [1.82, 2.24) is 0 Å². The second-order valence-corrected chi connectivity index (χ2v) is 8.39. The molecule has 31 heavy (non-hydrogen) atoms. The molecule has 0 fully saturated rings. The average Bonchev–Trinajstić information content (AvgIpc) is 3.50. The molecule has 0 saturated heterocycles. The van der Waals surface area contributed by atoms with Gasteiger partial charge in [-0.15, -0.1) is 0 Å². The molecule has 0 bridgehead atoms. The molecule has 0 aliphatic rings. The Morgan fingerprint density at radius 3 is 1.48 bits per heavy atom. The summed E-state index contributed by atoms with van der Waals surface area (Å²) in [6.07, 6.45) is 18.5. The fourth-order valence-electron chi connectivity index (χ4n) is 3.41. The SMILES string of the molecule is O=C(OCCCCCCCCCCCCCCCCS)[c-]1cccc1.[Fe].c1cc[cH-]c1. The molecule has 0 atom stereocenters. The van der Waals surface area contributed by atoms with E-state index in [1.807, 2.05) is 42.5 Å². The van der Waals surface area contributed by atoms with E-state index in [0.717, 1.165) is 12.2 Å². The van der Waals surface area contributed by atoms with Gasteiger partial charge < -0.3 is 4.74 Å². The van der Waals surface area contributed by atoms with Crippen LogP contribution in [-0.2, 0) is 21.8 Å². The van der Waals surface area contributed by atoms with Crippen LogP contribution in [0, 0.1) is 0 Å². The second-order valence-electron chi connectivity index (χ2n) is 7.95. The number of carbonyl (C=O) groups excluding carboxylic acids is 1. The number of carbonyl (C=O) groups is 1. The number of hydrogen-bond donors (Lipinski definition) is 1. The fourth-order valence-corrected chi connectivity index (χ4v) is 3.64. The van der Waals surface area contributed by atoms with Crippen molar-refractivity contribution >= 4 is 18.6 Å². The molecule has 4 heteroatoms. The average molecular weight is 487 g/mol. The van der Waals surface area contributed by atoms with E-state index in [1.165, 1.54) is 83.5 Å². The fraction of sp³-hybridized carbons (Fsp3) is 0.593. The number of unbranched alkanes of at least 4 members (excludes halogenated alkanes) is 13. The third-order valence-corrected chi connectivity index (χ3v) is 5.56. The van der Waals surface area contributed by atoms with Crippen LogP contribution in [0.1, 0.15) is 100 Å². The molecule has 0 radical (unpaired) electrons. The van der Waals surface area contributed by atoms with E-state index < -0.39 is 0 Å². The normalized spacial score (nSPS) is 10.1. The summed E-state index contributed by atoms with van der Waals surface area (Å²) in [4.78, 5) is 11.6. The molecule has 2 nitrogen and oxygen atoms in total. The molecule has 2 rings (SSSR count). The van der Waals surface area contributed by atoms with Crippen LogP contribution in [0.4, 0.5) is 0 Å². The maximum Gasteiger partial charge on any atom is 0.281 e. The number of hydrogen-bond acceptors (Lipinski definition) is 3. The first-order chi connectivity index (χ1) is 14.8. The van der Waals surface area contributed by atoms with Gasteiger partial charge in [-0.25, -0.2) is 24.3 Å². The van der Waals surface area contributed by atoms with Crippen molar-refractivity contribution in [2.24, 2.45) is 0 Å². The van der Waals surface area contributed by atoms with Gasteiger partial charge in [0.15, 0.2) is 0 Å². The predicted molar refractivity (Wildman–Crippen MR) is 133 cm³/mol. The van der Waals surface area contributed by atoms with E-state index in [9.17, 15) is 4.79 Å². The summed E-state index contributed by atoms with van der Waals surface area (Å²) in [5.74, 6) is 0.853. The molecular weight excluding hydrogens is 444 g/mol. The van der Waals surface area contributed by atoms with Crippen molar-refractivity contribution in [3.05, 3.63) is 60.2 Å². The van der Waals surface area contributed by atoms with Gasteiger partial charge in [-0.3, -0.25) is 4.79 Å². The summed E-state index contributed by atoms with van der Waals surface area (Å²) in [5, 5.41) is 0. The summed E-state index contributed by atoms with van der Waals surface area (Å²) in [5.41, 5.74) is 0.664. The minimum absolute atomic E-state index is 0. The zero-order valence-electron chi connectivity index (χ0n) is 19.1. The quantitative estimate of drug-likeness (QED) is 0.0799. The Bertz CT molecular complexity index is 549. The zero-order chi connectivity index (χ0) is 21.5. The maximum atomic E-state index is 11.6. The topological polar surface area (TPSA) is 26.3 Å². The van der Waals surface area contributed by atoms with Gasteiger partial charge in [0.25, 0.3) is 5.97 Å². The van der Waals surface area contributed by atoms with E-state index in [1.54, 1.807) is 12.1 Å². The third kappa shape index (κ3) is 19.4. The van der Waals surface area contributed by atoms with Crippen LogP contribution in [0.25, 0.3) is 0 Å². The summed E-state index contributed by atoms with van der Waals surface area (Å²) in [6.45, 7) is 0.554. The van der Waals surface area contributed by atoms with E-state index >= 15 is 0 Å². The third-order valence-electron chi connectivity index (χ3n) is 5.24. The number of esters is 1. The Morgan fingerprint density at radius 2 is 1.10 bits per heavy atom. The second kappa shape index (κ2) is 23.7. The Kier molecular flexibility index (Phi) is 23.0. The standard InChI is InChI=1S/C22H37O2S.C5H5.Fe/c23-22(21-17-13-14-18-21)24-19-15-11-9-7-5-3-1-2-4-6-8-10-12-16-20-25;1-2-4-5-3-1;/h13-14,17-18,25H,1-12,15-16,19-20H2;1-5H;/q2*-1;. The molecule has 0 aliphatic carbocycles. The molecule has 178 valence electrons. The Balaban J connectivity index is 0.00000131. The number of thiol groups is 1. The van der Waals surface area contributed by atoms with Crippen LogP contribution in [-0.4, -0.2) is 18.3 Å². The van der Waals surface area contributed by atoms with Crippen LogP contribution in [0.2, 0.25) is 0 Å². The molecule has 0 spiro atoms. The molecule has 0 heterocycles. The molecule has 0 saturated carbocycles. The van der Waals surface area contributed by atoms with Gasteiger partial charge in [-0.05, 0) is 18.6 Å². The molecule has 0 aliphatic heterocycles. The van der Waals surface area contributed by atoms with Gasteiger partial charge in [0, 0.05) is 17.1 Å². The minimum Gasteiger partial charge on any atom is -0.471 e. The van der Waals surface area contributed by atoms with Crippen molar-refractivity contribution in [2.45, 2.75) is 89.9 Å². The molecule has 0 unspecified atom stereocenters. The van der Waals surface area contributed by atoms with Crippen LogP contribution in [0.5, 0.6) is 0 Å². The van der Waals surface area contributed by atoms with Crippen molar-refractivity contribution in [3.8, 4) is 0 Å². The first kappa shape index (κ1) is 30.0. The van der Waals surface area contributed by atoms with E-state index in [4.69, 9.17) is 4.74 Å². The first-order valence-electron chi connectivity index (χ1n) is 12.0. The van der Waals surface area contributed by atoms with Gasteiger partial charge >= 0.3 is 0 Å². The monoisotopic (exact) mass is 486 g/mol. The zero-order valence-corrected chi connectivity index (χ0v) is 21.1. The van der Waals surface area contributed by atoms with Crippen LogP contribution in [0.3, 0.4) is 0 Å². The predicted octanol–water partition coefficient (Wildman–Crippen LogP) is 8.36. The minimum atomic E-state index is -0.188. The largest absolute Gasteiger partial charge is 0.471 e. The Morgan fingerprint density at radius 1 is 0.677 bits per heavy atom. The molecule has 0 N–H and O–H groups in total. The van der Waals surface area contributed by atoms with Crippen molar-refractivity contribution in [1.29, 1.82) is 0 Å². The van der Waals surface area contributed by atoms with Crippen LogP contribution in [0.15, 0.2) is 54.6 Å². The number of ether oxygens (including phenoxy) is 1. The summed E-state index contributed by atoms with van der Waals surface area (Å²) < 4.78 is 5.26. The Labute approximate surface area is 207 Å². The van der Waals surface area contributed by atoms with Gasteiger partial charge in [0.2, 0.25) is 0 Å². The molecule has 2 aromatic carbocycles. The van der Waals surface area contributed by atoms with E-state index in [0.29, 0.717) is 12.2 Å². The van der Waals surface area contributed by atoms with Crippen molar-refractivity contribution in [3.63, 3.8) is 0 Å². The van der Waals surface area contributed by atoms with E-state index in [2.05, 4.69) is 12.6 Å². The maximum absolute atomic E-state index is 11.6. The van der Waals surface area contributed by atoms with Gasteiger partial charge in [0.05, 0.1) is 6.61 Å². The summed E-state index contributed by atoms with van der Waals surface area (Å²) in [6, 6.07) is 17.3. The van der Waals surface area contributed by atoms with Crippen LogP contribution < -0.4 is 0 Å². The molecule has 0 amide bonds. The van der Waals surface area contributed by atoms with E-state index in [-0.39, 0.29) is 23.0 Å². The first-order valence-corrected chi connectivity index (χ1v) is 12.6. The van der Waals surface area contributed by atoms with Crippen molar-refractivity contribution < 1.29 is 26.6 Å². The molecule has 0 aromatic heterocycles. The number of rotatable bonds is 17. The van der Waals surface area contributed by atoms with Gasteiger partial charge in [0.1, 0.15) is 0 Å².